The molecule has 0 aliphatic heterocycles. The summed E-state index contributed by atoms with van der Waals surface area (Å²) in [5, 5.41) is 19.3. The van der Waals surface area contributed by atoms with Crippen molar-refractivity contribution in [1.82, 2.24) is 15.1 Å². The van der Waals surface area contributed by atoms with Crippen LogP contribution in [0.4, 0.5) is 5.69 Å². The lowest BCUT2D eigenvalue weighted by Crippen LogP contribution is -2.37. The molecule has 0 aliphatic rings. The number of benzene rings is 2. The molecule has 0 atom stereocenters. The van der Waals surface area contributed by atoms with Crippen LogP contribution in [0.3, 0.4) is 0 Å². The van der Waals surface area contributed by atoms with Crippen LogP contribution in [0.15, 0.2) is 57.8 Å². The average molecular weight is 447 g/mol. The van der Waals surface area contributed by atoms with Gasteiger partial charge >= 0.3 is 0 Å². The molecule has 0 radical (unpaired) electrons. The molecule has 8 nitrogen and oxygen atoms in total. The maximum absolute atomic E-state index is 12.8. The number of rotatable bonds is 8. The zero-order valence-electron chi connectivity index (χ0n) is 16.3. The number of hydrogen-bond donors (Lipinski definition) is 0. The van der Waals surface area contributed by atoms with Crippen LogP contribution >= 0.6 is 23.4 Å². The van der Waals surface area contributed by atoms with Crippen LogP contribution in [0, 0.1) is 10.1 Å². The first-order valence-electron chi connectivity index (χ1n) is 9.09. The van der Waals surface area contributed by atoms with E-state index in [9.17, 15) is 14.9 Å². The minimum Gasteiger partial charge on any atom is -0.419 e. The van der Waals surface area contributed by atoms with Crippen LogP contribution in [0.1, 0.15) is 19.7 Å². The molecule has 0 spiro atoms. The molecule has 0 fully saturated rings. The molecular formula is C20H19ClN4O4S. The molecule has 1 heterocycles. The van der Waals surface area contributed by atoms with E-state index in [1.807, 2.05) is 26.0 Å². The fraction of sp³-hybridized carbons (Fsp3) is 0.250. The van der Waals surface area contributed by atoms with Crippen molar-refractivity contribution in [2.45, 2.75) is 31.3 Å². The van der Waals surface area contributed by atoms with Crippen molar-refractivity contribution in [2.75, 3.05) is 5.75 Å². The lowest BCUT2D eigenvalue weighted by molar-refractivity contribution is -0.384. The van der Waals surface area contributed by atoms with Crippen molar-refractivity contribution < 1.29 is 14.1 Å². The number of non-ortho nitro benzene ring substituents is 1. The molecule has 0 aliphatic carbocycles. The standard InChI is InChI=1S/C20H19ClN4O4S/c1-13(2)24(19(26)12-30-15-9-7-14(8-10-15)25(27)28)11-18-22-23-20(29-18)16-5-3-4-6-17(16)21/h3-10,13H,11-12H2,1-2H3. The van der Waals surface area contributed by atoms with E-state index in [0.29, 0.717) is 22.4 Å². The van der Waals surface area contributed by atoms with Crippen LogP contribution in [0.2, 0.25) is 5.02 Å². The number of nitro groups is 1. The molecule has 2 aromatic carbocycles. The van der Waals surface area contributed by atoms with Crippen molar-refractivity contribution in [2.24, 2.45) is 0 Å². The van der Waals surface area contributed by atoms with E-state index in [1.54, 1.807) is 29.2 Å². The van der Waals surface area contributed by atoms with Crippen molar-refractivity contribution in [3.8, 4) is 11.5 Å². The second-order valence-electron chi connectivity index (χ2n) is 6.64. The Balaban J connectivity index is 1.65. The number of amides is 1. The van der Waals surface area contributed by atoms with Gasteiger partial charge in [-0.2, -0.15) is 0 Å². The van der Waals surface area contributed by atoms with Crippen LogP contribution in [-0.4, -0.2) is 37.7 Å². The third kappa shape index (κ3) is 5.37. The maximum atomic E-state index is 12.8. The first-order chi connectivity index (χ1) is 14.3. The molecule has 1 aromatic heterocycles. The lowest BCUT2D eigenvalue weighted by Gasteiger charge is -2.25. The van der Waals surface area contributed by atoms with Gasteiger partial charge < -0.3 is 9.32 Å². The quantitative estimate of drug-likeness (QED) is 0.277. The van der Waals surface area contributed by atoms with Gasteiger partial charge in [-0.15, -0.1) is 22.0 Å². The van der Waals surface area contributed by atoms with Gasteiger partial charge in [-0.1, -0.05) is 23.7 Å². The van der Waals surface area contributed by atoms with E-state index < -0.39 is 4.92 Å². The van der Waals surface area contributed by atoms with Crippen molar-refractivity contribution in [3.05, 3.63) is 69.6 Å². The van der Waals surface area contributed by atoms with E-state index in [2.05, 4.69) is 10.2 Å². The van der Waals surface area contributed by atoms with Gasteiger partial charge in [0.05, 0.1) is 27.8 Å². The monoisotopic (exact) mass is 446 g/mol. The Morgan fingerprint density at radius 1 is 1.20 bits per heavy atom. The van der Waals surface area contributed by atoms with E-state index >= 15 is 0 Å². The van der Waals surface area contributed by atoms with Crippen LogP contribution in [0.5, 0.6) is 0 Å². The summed E-state index contributed by atoms with van der Waals surface area (Å²) >= 11 is 7.48. The highest BCUT2D eigenvalue weighted by Gasteiger charge is 2.21. The van der Waals surface area contributed by atoms with Gasteiger partial charge in [-0.3, -0.25) is 14.9 Å². The van der Waals surface area contributed by atoms with Crippen LogP contribution in [0.25, 0.3) is 11.5 Å². The molecule has 3 rings (SSSR count). The number of halogens is 1. The molecule has 3 aromatic rings. The van der Waals surface area contributed by atoms with Crippen molar-refractivity contribution in [3.63, 3.8) is 0 Å². The molecular weight excluding hydrogens is 428 g/mol. The average Bonchev–Trinajstić information content (AvgIpc) is 3.19. The van der Waals surface area contributed by atoms with E-state index in [4.69, 9.17) is 16.0 Å². The summed E-state index contributed by atoms with van der Waals surface area (Å²) in [6, 6.07) is 13.2. The SMILES string of the molecule is CC(C)N(Cc1nnc(-c2ccccc2Cl)o1)C(=O)CSc1ccc([N+](=O)[O-])cc1. The second-order valence-corrected chi connectivity index (χ2v) is 8.09. The third-order valence-electron chi connectivity index (χ3n) is 4.23. The first kappa shape index (κ1) is 21.8. The molecule has 156 valence electrons. The number of carbonyl (C=O) groups excluding carboxylic acids is 1. The predicted octanol–water partition coefficient (Wildman–Crippen LogP) is 4.83. The highest BCUT2D eigenvalue weighted by Crippen LogP contribution is 2.27. The summed E-state index contributed by atoms with van der Waals surface area (Å²) < 4.78 is 5.71. The Bertz CT molecular complexity index is 1040. The van der Waals surface area contributed by atoms with E-state index in [1.165, 1.54) is 23.9 Å². The maximum Gasteiger partial charge on any atom is 0.269 e. The lowest BCUT2D eigenvalue weighted by atomic mass is 10.2. The van der Waals surface area contributed by atoms with Crippen LogP contribution < -0.4 is 0 Å². The number of hydrogen-bond acceptors (Lipinski definition) is 7. The third-order valence-corrected chi connectivity index (χ3v) is 5.56. The molecule has 0 N–H and O–H groups in total. The molecule has 0 saturated carbocycles. The second kappa shape index (κ2) is 9.73. The minimum absolute atomic E-state index is 0.0141. The smallest absolute Gasteiger partial charge is 0.269 e. The number of nitrogens with zero attached hydrogens (tertiary/aromatic N) is 4. The summed E-state index contributed by atoms with van der Waals surface area (Å²) in [6.07, 6.45) is 0. The highest BCUT2D eigenvalue weighted by molar-refractivity contribution is 8.00. The van der Waals surface area contributed by atoms with Gasteiger partial charge in [-0.05, 0) is 38.1 Å². The van der Waals surface area contributed by atoms with Crippen molar-refractivity contribution >= 4 is 35.0 Å². The zero-order chi connectivity index (χ0) is 21.7. The Morgan fingerprint density at radius 2 is 1.90 bits per heavy atom. The topological polar surface area (TPSA) is 102 Å². The van der Waals surface area contributed by atoms with Gasteiger partial charge in [0.1, 0.15) is 0 Å². The fourth-order valence-corrected chi connectivity index (χ4v) is 3.66. The molecule has 10 heteroatoms. The summed E-state index contributed by atoms with van der Waals surface area (Å²) in [6.45, 7) is 3.98. The van der Waals surface area contributed by atoms with Gasteiger partial charge in [0.25, 0.3) is 5.69 Å². The number of thioether (sulfide) groups is 1. The highest BCUT2D eigenvalue weighted by atomic mass is 35.5. The minimum atomic E-state index is -0.457. The normalized spacial score (nSPS) is 10.9. The van der Waals surface area contributed by atoms with E-state index in [-0.39, 0.29) is 29.9 Å². The van der Waals surface area contributed by atoms with Crippen molar-refractivity contribution in [1.29, 1.82) is 0 Å². The zero-order valence-corrected chi connectivity index (χ0v) is 17.9. The Morgan fingerprint density at radius 3 is 2.53 bits per heavy atom. The number of nitro benzene ring substituents is 1. The summed E-state index contributed by atoms with van der Waals surface area (Å²) in [7, 11) is 0. The first-order valence-corrected chi connectivity index (χ1v) is 10.5. The molecule has 30 heavy (non-hydrogen) atoms. The largest absolute Gasteiger partial charge is 0.419 e. The molecule has 1 amide bonds. The van der Waals surface area contributed by atoms with Crippen LogP contribution in [-0.2, 0) is 11.3 Å². The van der Waals surface area contributed by atoms with Gasteiger partial charge in [-0.25, -0.2) is 0 Å². The van der Waals surface area contributed by atoms with Gasteiger partial charge in [0.2, 0.25) is 17.7 Å². The molecule has 0 bridgehead atoms. The fourth-order valence-electron chi connectivity index (χ4n) is 2.66. The Kier molecular flexibility index (Phi) is 7.07. The number of aromatic nitrogens is 2. The summed E-state index contributed by atoms with van der Waals surface area (Å²) in [5.41, 5.74) is 0.647. The predicted molar refractivity (Wildman–Crippen MR) is 114 cm³/mol. The number of carbonyl (C=O) groups is 1. The summed E-state index contributed by atoms with van der Waals surface area (Å²) in [4.78, 5) is 25.5. The molecule has 0 unspecified atom stereocenters. The van der Waals surface area contributed by atoms with Gasteiger partial charge in [0.15, 0.2) is 0 Å². The summed E-state index contributed by atoms with van der Waals surface area (Å²) in [5.74, 6) is 0.687. The molecule has 0 saturated heterocycles. The van der Waals surface area contributed by atoms with E-state index in [0.717, 1.165) is 4.90 Å². The van der Waals surface area contributed by atoms with Gasteiger partial charge in [0, 0.05) is 23.1 Å². The Labute approximate surface area is 182 Å². The Hall–Kier alpha value is -2.91.